The van der Waals surface area contributed by atoms with Gasteiger partial charge in [0, 0.05) is 18.2 Å². The molecule has 0 radical (unpaired) electrons. The first-order valence-electron chi connectivity index (χ1n) is 6.45. The maximum absolute atomic E-state index is 11.2. The summed E-state index contributed by atoms with van der Waals surface area (Å²) in [7, 11) is 0. The topological polar surface area (TPSA) is 61.4 Å². The van der Waals surface area contributed by atoms with E-state index in [1.807, 2.05) is 13.0 Å². The molecule has 2 rings (SSSR count). The zero-order valence-corrected chi connectivity index (χ0v) is 10.7. The molecular formula is C14H20N2O2. The van der Waals surface area contributed by atoms with Gasteiger partial charge in [-0.25, -0.2) is 0 Å². The van der Waals surface area contributed by atoms with Gasteiger partial charge in [0.05, 0.1) is 6.61 Å². The number of carbonyl (C=O) groups excluding carboxylic acids is 1. The maximum Gasteiger partial charge on any atom is 0.224 e. The molecule has 0 aliphatic carbocycles. The van der Waals surface area contributed by atoms with Gasteiger partial charge in [-0.2, -0.15) is 0 Å². The van der Waals surface area contributed by atoms with Crippen molar-refractivity contribution in [2.24, 2.45) is 0 Å². The van der Waals surface area contributed by atoms with Crippen LogP contribution in [0.2, 0.25) is 0 Å². The van der Waals surface area contributed by atoms with Crippen molar-refractivity contribution >= 4 is 11.6 Å². The fourth-order valence-corrected chi connectivity index (χ4v) is 2.12. The number of aliphatic hydroxyl groups is 1. The van der Waals surface area contributed by atoms with Crippen LogP contribution in [-0.4, -0.2) is 30.2 Å². The van der Waals surface area contributed by atoms with Crippen molar-refractivity contribution in [1.29, 1.82) is 0 Å². The van der Waals surface area contributed by atoms with Crippen molar-refractivity contribution in [3.8, 4) is 0 Å². The van der Waals surface area contributed by atoms with E-state index in [2.05, 4.69) is 22.8 Å². The summed E-state index contributed by atoms with van der Waals surface area (Å²) in [5, 5.41) is 15.0. The third-order valence-electron chi connectivity index (χ3n) is 3.25. The van der Waals surface area contributed by atoms with Crippen LogP contribution in [0.5, 0.6) is 0 Å². The summed E-state index contributed by atoms with van der Waals surface area (Å²) < 4.78 is 0. The van der Waals surface area contributed by atoms with Crippen LogP contribution in [0.15, 0.2) is 18.2 Å². The lowest BCUT2D eigenvalue weighted by Gasteiger charge is -2.18. The van der Waals surface area contributed by atoms with Gasteiger partial charge in [0.25, 0.3) is 0 Å². The van der Waals surface area contributed by atoms with E-state index in [1.165, 1.54) is 11.1 Å². The largest absolute Gasteiger partial charge is 0.395 e. The summed E-state index contributed by atoms with van der Waals surface area (Å²) in [5.74, 6) is 0.105. The molecule has 0 fully saturated rings. The fraction of sp³-hybridized carbons (Fsp3) is 0.500. The van der Waals surface area contributed by atoms with Gasteiger partial charge in [0.1, 0.15) is 0 Å². The second-order valence-electron chi connectivity index (χ2n) is 4.83. The first-order chi connectivity index (χ1) is 8.69. The van der Waals surface area contributed by atoms with E-state index in [4.69, 9.17) is 5.11 Å². The van der Waals surface area contributed by atoms with Crippen LogP contribution in [0.3, 0.4) is 0 Å². The molecule has 1 aliphatic rings. The molecule has 1 atom stereocenters. The van der Waals surface area contributed by atoms with Crippen molar-refractivity contribution in [3.63, 3.8) is 0 Å². The average Bonchev–Trinajstić information content (AvgIpc) is 2.38. The van der Waals surface area contributed by atoms with E-state index >= 15 is 0 Å². The molecule has 1 aliphatic heterocycles. The zero-order chi connectivity index (χ0) is 13.0. The third kappa shape index (κ3) is 3.31. The number of rotatable bonds is 5. The lowest BCUT2D eigenvalue weighted by molar-refractivity contribution is -0.116. The summed E-state index contributed by atoms with van der Waals surface area (Å²) in [5.41, 5.74) is 3.44. The Hall–Kier alpha value is -1.39. The van der Waals surface area contributed by atoms with Crippen LogP contribution in [0.25, 0.3) is 0 Å². The van der Waals surface area contributed by atoms with Crippen LogP contribution in [-0.2, 0) is 17.6 Å². The second-order valence-corrected chi connectivity index (χ2v) is 4.83. The zero-order valence-electron chi connectivity index (χ0n) is 10.7. The highest BCUT2D eigenvalue weighted by Crippen LogP contribution is 2.23. The standard InChI is InChI=1S/C14H20N2O2/c1-10(9-17)15-7-6-11-2-4-13-12(8-11)3-5-14(18)16-13/h2,4,8,10,15,17H,3,5-7,9H2,1H3,(H,16,18). The number of aryl methyl sites for hydroxylation is 1. The minimum absolute atomic E-state index is 0.105. The monoisotopic (exact) mass is 248 g/mol. The molecule has 98 valence electrons. The third-order valence-corrected chi connectivity index (χ3v) is 3.25. The van der Waals surface area contributed by atoms with Crippen molar-refractivity contribution in [1.82, 2.24) is 5.32 Å². The van der Waals surface area contributed by atoms with Crippen LogP contribution in [0, 0.1) is 0 Å². The minimum Gasteiger partial charge on any atom is -0.395 e. The predicted octanol–water partition coefficient (Wildman–Crippen LogP) is 1.08. The highest BCUT2D eigenvalue weighted by Gasteiger charge is 2.14. The number of nitrogens with one attached hydrogen (secondary N) is 2. The van der Waals surface area contributed by atoms with Crippen LogP contribution >= 0.6 is 0 Å². The summed E-state index contributed by atoms with van der Waals surface area (Å²) >= 11 is 0. The van der Waals surface area contributed by atoms with Gasteiger partial charge in [-0.05, 0) is 43.5 Å². The van der Waals surface area contributed by atoms with Crippen LogP contribution in [0.4, 0.5) is 5.69 Å². The Balaban J connectivity index is 1.93. The molecule has 4 heteroatoms. The number of amides is 1. The second kappa shape index (κ2) is 5.98. The summed E-state index contributed by atoms with van der Waals surface area (Å²) in [6.45, 7) is 2.98. The quantitative estimate of drug-likeness (QED) is 0.731. The average molecular weight is 248 g/mol. The first kappa shape index (κ1) is 13.1. The van der Waals surface area contributed by atoms with E-state index in [-0.39, 0.29) is 18.6 Å². The number of anilines is 1. The Kier molecular flexibility index (Phi) is 4.33. The molecule has 0 spiro atoms. The molecule has 0 saturated heterocycles. The molecule has 4 nitrogen and oxygen atoms in total. The first-order valence-corrected chi connectivity index (χ1v) is 6.45. The fourth-order valence-electron chi connectivity index (χ4n) is 2.12. The number of aliphatic hydroxyl groups excluding tert-OH is 1. The SMILES string of the molecule is CC(CO)NCCc1ccc2c(c1)CCC(=O)N2. The van der Waals surface area contributed by atoms with Crippen molar-refractivity contribution in [3.05, 3.63) is 29.3 Å². The molecule has 1 amide bonds. The normalized spacial score (nSPS) is 16.0. The van der Waals surface area contributed by atoms with E-state index in [1.54, 1.807) is 0 Å². The van der Waals surface area contributed by atoms with E-state index in [0.717, 1.165) is 25.1 Å². The van der Waals surface area contributed by atoms with Gasteiger partial charge in [0.2, 0.25) is 5.91 Å². The van der Waals surface area contributed by atoms with Gasteiger partial charge in [-0.15, -0.1) is 0 Å². The van der Waals surface area contributed by atoms with Crippen molar-refractivity contribution < 1.29 is 9.90 Å². The molecular weight excluding hydrogens is 228 g/mol. The number of hydrogen-bond donors (Lipinski definition) is 3. The lowest BCUT2D eigenvalue weighted by Crippen LogP contribution is -2.31. The molecule has 0 aromatic heterocycles. The number of hydrogen-bond acceptors (Lipinski definition) is 3. The van der Waals surface area contributed by atoms with Crippen LogP contribution < -0.4 is 10.6 Å². The van der Waals surface area contributed by atoms with Gasteiger partial charge < -0.3 is 15.7 Å². The number of carbonyl (C=O) groups is 1. The highest BCUT2D eigenvalue weighted by molar-refractivity contribution is 5.93. The van der Waals surface area contributed by atoms with Gasteiger partial charge >= 0.3 is 0 Å². The van der Waals surface area contributed by atoms with E-state index < -0.39 is 0 Å². The summed E-state index contributed by atoms with van der Waals surface area (Å²) in [4.78, 5) is 11.2. The molecule has 3 N–H and O–H groups in total. The van der Waals surface area contributed by atoms with Gasteiger partial charge in [0.15, 0.2) is 0 Å². The summed E-state index contributed by atoms with van der Waals surface area (Å²) in [6, 6.07) is 6.34. The Labute approximate surface area is 107 Å². The molecule has 0 saturated carbocycles. The van der Waals surface area contributed by atoms with Gasteiger partial charge in [-0.1, -0.05) is 12.1 Å². The predicted molar refractivity (Wildman–Crippen MR) is 71.6 cm³/mol. The Bertz CT molecular complexity index is 432. The smallest absolute Gasteiger partial charge is 0.224 e. The van der Waals surface area contributed by atoms with Crippen LogP contribution in [0.1, 0.15) is 24.5 Å². The van der Waals surface area contributed by atoms with E-state index in [9.17, 15) is 4.79 Å². The molecule has 18 heavy (non-hydrogen) atoms. The molecule has 1 aromatic rings. The number of benzene rings is 1. The van der Waals surface area contributed by atoms with Gasteiger partial charge in [-0.3, -0.25) is 4.79 Å². The molecule has 1 aromatic carbocycles. The van der Waals surface area contributed by atoms with E-state index in [0.29, 0.717) is 6.42 Å². The maximum atomic E-state index is 11.2. The Morgan fingerprint density at radius 3 is 3.06 bits per heavy atom. The summed E-state index contributed by atoms with van der Waals surface area (Å²) in [6.07, 6.45) is 2.34. The molecule has 1 heterocycles. The molecule has 0 bridgehead atoms. The Morgan fingerprint density at radius 2 is 2.28 bits per heavy atom. The molecule has 1 unspecified atom stereocenters. The van der Waals surface area contributed by atoms with Crippen molar-refractivity contribution in [2.45, 2.75) is 32.2 Å². The lowest BCUT2D eigenvalue weighted by atomic mass is 9.99. The Morgan fingerprint density at radius 1 is 1.44 bits per heavy atom. The number of fused-ring (bicyclic) bond motifs is 1. The highest BCUT2D eigenvalue weighted by atomic mass is 16.3. The van der Waals surface area contributed by atoms with Crippen molar-refractivity contribution in [2.75, 3.05) is 18.5 Å². The minimum atomic E-state index is 0.105.